The number of carbonyl (C=O) groups is 1. The van der Waals surface area contributed by atoms with E-state index in [1.807, 2.05) is 0 Å². The minimum Gasteiger partial charge on any atom is -0.480 e. The van der Waals surface area contributed by atoms with Gasteiger partial charge >= 0.3 is 5.97 Å². The summed E-state index contributed by atoms with van der Waals surface area (Å²) in [4.78, 5) is 10.6. The minimum atomic E-state index is -0.800. The monoisotopic (exact) mass is 221 g/mol. The molecule has 1 aliphatic rings. The van der Waals surface area contributed by atoms with Crippen LogP contribution >= 0.6 is 11.8 Å². The molecule has 6 heteroatoms. The second-order valence-corrected chi connectivity index (χ2v) is 4.25. The van der Waals surface area contributed by atoms with Crippen molar-refractivity contribution >= 4 is 17.7 Å². The van der Waals surface area contributed by atoms with Crippen LogP contribution in [0.5, 0.6) is 0 Å². The number of aliphatic carboxylic acids is 1. The maximum Gasteiger partial charge on any atom is 0.321 e. The Bertz CT molecular complexity index is 198. The molecule has 1 rings (SSSR count). The number of nitrogens with one attached hydrogen (secondary N) is 1. The van der Waals surface area contributed by atoms with Crippen LogP contribution in [0, 0.1) is 0 Å². The average Bonchev–Trinajstić information content (AvgIpc) is 2.62. The predicted molar refractivity (Wildman–Crippen MR) is 53.2 cm³/mol. The molecule has 0 aromatic rings. The second-order valence-electron chi connectivity index (χ2n) is 3.02. The molecule has 0 bridgehead atoms. The van der Waals surface area contributed by atoms with Gasteiger partial charge in [0.15, 0.2) is 6.29 Å². The van der Waals surface area contributed by atoms with Gasteiger partial charge in [0, 0.05) is 26.4 Å². The van der Waals surface area contributed by atoms with Crippen LogP contribution in [0.2, 0.25) is 0 Å². The van der Waals surface area contributed by atoms with Gasteiger partial charge in [-0.25, -0.2) is 0 Å². The highest BCUT2D eigenvalue weighted by Crippen LogP contribution is 2.23. The molecule has 2 N–H and O–H groups in total. The zero-order chi connectivity index (χ0) is 10.6. The number of hydrogen-bond acceptors (Lipinski definition) is 5. The van der Waals surface area contributed by atoms with E-state index in [9.17, 15) is 4.79 Å². The summed E-state index contributed by atoms with van der Waals surface area (Å²) in [5, 5.41) is 11.8. The van der Waals surface area contributed by atoms with Crippen LogP contribution in [0.25, 0.3) is 0 Å². The fraction of sp³-hybridized carbons (Fsp3) is 0.875. The average molecular weight is 221 g/mol. The maximum atomic E-state index is 10.6. The molecule has 0 saturated carbocycles. The van der Waals surface area contributed by atoms with E-state index in [4.69, 9.17) is 14.6 Å². The molecule has 5 nitrogen and oxygen atoms in total. The third-order valence-electron chi connectivity index (χ3n) is 2.08. The van der Waals surface area contributed by atoms with Gasteiger partial charge < -0.3 is 14.6 Å². The van der Waals surface area contributed by atoms with Crippen LogP contribution in [0.4, 0.5) is 0 Å². The molecular weight excluding hydrogens is 206 g/mol. The zero-order valence-electron chi connectivity index (χ0n) is 8.23. The van der Waals surface area contributed by atoms with Crippen molar-refractivity contribution in [2.75, 3.05) is 20.0 Å². The molecule has 82 valence electrons. The predicted octanol–water partition coefficient (Wildman–Crippen LogP) is 0.111. The summed E-state index contributed by atoms with van der Waals surface area (Å²) in [6.07, 6.45) is 0.383. The molecule has 0 amide bonds. The van der Waals surface area contributed by atoms with Crippen molar-refractivity contribution in [3.63, 3.8) is 0 Å². The van der Waals surface area contributed by atoms with Gasteiger partial charge in [0.25, 0.3) is 0 Å². The summed E-state index contributed by atoms with van der Waals surface area (Å²) in [6, 6.07) is -0.445. The summed E-state index contributed by atoms with van der Waals surface area (Å²) in [5.74, 6) is -0.202. The quantitative estimate of drug-likeness (QED) is 0.642. The molecule has 1 heterocycles. The van der Waals surface area contributed by atoms with Crippen molar-refractivity contribution < 1.29 is 19.4 Å². The van der Waals surface area contributed by atoms with Gasteiger partial charge in [-0.15, -0.1) is 11.8 Å². The van der Waals surface area contributed by atoms with Gasteiger partial charge in [0.1, 0.15) is 6.04 Å². The maximum absolute atomic E-state index is 10.6. The molecule has 1 aliphatic heterocycles. The van der Waals surface area contributed by atoms with E-state index in [0.29, 0.717) is 12.2 Å². The van der Waals surface area contributed by atoms with E-state index >= 15 is 0 Å². The molecule has 0 aromatic heterocycles. The first-order valence-electron chi connectivity index (χ1n) is 4.33. The molecular formula is C8H15NO4S. The Hall–Kier alpha value is -0.300. The highest BCUT2D eigenvalue weighted by molar-refractivity contribution is 8.00. The highest BCUT2D eigenvalue weighted by Gasteiger charge is 2.30. The van der Waals surface area contributed by atoms with Crippen molar-refractivity contribution in [2.24, 2.45) is 0 Å². The first-order valence-corrected chi connectivity index (χ1v) is 5.38. The SMILES string of the molecule is COC(CC1N[C@@H](C(=O)O)CS1)OC. The zero-order valence-corrected chi connectivity index (χ0v) is 9.04. The first kappa shape index (κ1) is 11.8. The third-order valence-corrected chi connectivity index (χ3v) is 3.34. The summed E-state index contributed by atoms with van der Waals surface area (Å²) in [7, 11) is 3.14. The third kappa shape index (κ3) is 3.13. The lowest BCUT2D eigenvalue weighted by atomic mass is 10.3. The molecule has 1 saturated heterocycles. The Morgan fingerprint density at radius 2 is 2.29 bits per heavy atom. The number of hydrogen-bond donors (Lipinski definition) is 2. The van der Waals surface area contributed by atoms with Crippen LogP contribution in [-0.2, 0) is 14.3 Å². The lowest BCUT2D eigenvalue weighted by Crippen LogP contribution is -2.38. The topological polar surface area (TPSA) is 67.8 Å². The fourth-order valence-corrected chi connectivity index (χ4v) is 2.49. The Labute approximate surface area is 87.1 Å². The van der Waals surface area contributed by atoms with Gasteiger partial charge in [0.2, 0.25) is 0 Å². The van der Waals surface area contributed by atoms with Gasteiger partial charge in [-0.2, -0.15) is 0 Å². The molecule has 0 radical (unpaired) electrons. The Morgan fingerprint density at radius 3 is 2.71 bits per heavy atom. The summed E-state index contributed by atoms with van der Waals surface area (Å²) in [6.45, 7) is 0. The molecule has 0 spiro atoms. The van der Waals surface area contributed by atoms with Gasteiger partial charge in [0.05, 0.1) is 5.37 Å². The first-order chi connectivity index (χ1) is 6.67. The molecule has 0 aliphatic carbocycles. The normalized spacial score (nSPS) is 27.1. The second kappa shape index (κ2) is 5.55. The Balaban J connectivity index is 2.31. The van der Waals surface area contributed by atoms with E-state index in [0.717, 1.165) is 0 Å². The summed E-state index contributed by atoms with van der Waals surface area (Å²) >= 11 is 1.59. The smallest absolute Gasteiger partial charge is 0.321 e. The molecule has 14 heavy (non-hydrogen) atoms. The lowest BCUT2D eigenvalue weighted by Gasteiger charge is -2.17. The lowest BCUT2D eigenvalue weighted by molar-refractivity contribution is -0.139. The van der Waals surface area contributed by atoms with Crippen LogP contribution in [0.3, 0.4) is 0 Å². The minimum absolute atomic E-state index is 0.0981. The van der Waals surface area contributed by atoms with Crippen LogP contribution < -0.4 is 5.32 Å². The van der Waals surface area contributed by atoms with E-state index in [-0.39, 0.29) is 11.7 Å². The van der Waals surface area contributed by atoms with Crippen molar-refractivity contribution in [3.05, 3.63) is 0 Å². The van der Waals surface area contributed by atoms with Crippen LogP contribution in [0.15, 0.2) is 0 Å². The summed E-state index contributed by atoms with van der Waals surface area (Å²) < 4.78 is 10.1. The number of methoxy groups -OCH3 is 2. The van der Waals surface area contributed by atoms with E-state index in [1.54, 1.807) is 26.0 Å². The van der Waals surface area contributed by atoms with Crippen molar-refractivity contribution in [1.82, 2.24) is 5.32 Å². The van der Waals surface area contributed by atoms with E-state index in [2.05, 4.69) is 5.32 Å². The van der Waals surface area contributed by atoms with Crippen molar-refractivity contribution in [1.29, 1.82) is 0 Å². The number of ether oxygens (including phenoxy) is 2. The van der Waals surface area contributed by atoms with Crippen LogP contribution in [0.1, 0.15) is 6.42 Å². The molecule has 1 fully saturated rings. The van der Waals surface area contributed by atoms with E-state index in [1.165, 1.54) is 0 Å². The number of carboxylic acids is 1. The number of carboxylic acid groups (broad SMARTS) is 1. The highest BCUT2D eigenvalue weighted by atomic mass is 32.2. The van der Waals surface area contributed by atoms with Gasteiger partial charge in [-0.05, 0) is 0 Å². The van der Waals surface area contributed by atoms with Crippen molar-refractivity contribution in [3.8, 4) is 0 Å². The van der Waals surface area contributed by atoms with Crippen LogP contribution in [-0.4, -0.2) is 48.8 Å². The Kier molecular flexibility index (Phi) is 4.67. The molecule has 1 unspecified atom stereocenters. The molecule has 2 atom stereocenters. The summed E-state index contributed by atoms with van der Waals surface area (Å²) in [5.41, 5.74) is 0. The standard InChI is InChI=1S/C8H15NO4S/c1-12-7(13-2)3-6-9-5(4-14-6)8(10)11/h5-7,9H,3-4H2,1-2H3,(H,10,11)/t5-,6?/m1/s1. The van der Waals surface area contributed by atoms with Crippen molar-refractivity contribution in [2.45, 2.75) is 24.1 Å². The van der Waals surface area contributed by atoms with Gasteiger partial charge in [-0.1, -0.05) is 0 Å². The fourth-order valence-electron chi connectivity index (χ4n) is 1.28. The number of thioether (sulfide) groups is 1. The number of rotatable bonds is 5. The molecule has 0 aromatic carbocycles. The van der Waals surface area contributed by atoms with E-state index < -0.39 is 12.0 Å². The largest absolute Gasteiger partial charge is 0.480 e. The Morgan fingerprint density at radius 1 is 1.64 bits per heavy atom. The van der Waals surface area contributed by atoms with Gasteiger partial charge in [-0.3, -0.25) is 10.1 Å².